The zero-order chi connectivity index (χ0) is 16.7. The summed E-state index contributed by atoms with van der Waals surface area (Å²) in [6.07, 6.45) is -3.13. The molecule has 1 aromatic carbocycles. The van der Waals surface area contributed by atoms with Gasteiger partial charge in [-0.15, -0.1) is 0 Å². The molecule has 118 valence electrons. The quantitative estimate of drug-likeness (QED) is 0.622. The summed E-state index contributed by atoms with van der Waals surface area (Å²) in [5, 5.41) is 0. The summed E-state index contributed by atoms with van der Waals surface area (Å²) in [5.41, 5.74) is -0.897. The molecule has 2 rings (SSSR count). The predicted molar refractivity (Wildman–Crippen MR) is 73.9 cm³/mol. The largest absolute Gasteiger partial charge is 0.416 e. The second kappa shape index (κ2) is 5.36. The topological polar surface area (TPSA) is 43.9 Å². The Hall–Kier alpha value is -2.51. The van der Waals surface area contributed by atoms with Gasteiger partial charge in [0.15, 0.2) is 0 Å². The summed E-state index contributed by atoms with van der Waals surface area (Å²) < 4.78 is 38.4. The summed E-state index contributed by atoms with van der Waals surface area (Å²) in [6.45, 7) is 0. The summed E-state index contributed by atoms with van der Waals surface area (Å²) in [5.74, 6) is -0.573. The van der Waals surface area contributed by atoms with Gasteiger partial charge in [0.05, 0.1) is 11.3 Å². The number of anilines is 1. The van der Waals surface area contributed by atoms with Crippen molar-refractivity contribution in [2.45, 2.75) is 6.18 Å². The average molecular weight is 313 g/mol. The lowest BCUT2D eigenvalue weighted by molar-refractivity contribution is -0.137. The van der Waals surface area contributed by atoms with Crippen LogP contribution in [0.25, 0.3) is 0 Å². The van der Waals surface area contributed by atoms with Crippen molar-refractivity contribution < 1.29 is 22.8 Å². The molecule has 0 spiro atoms. The van der Waals surface area contributed by atoms with E-state index in [1.54, 1.807) is 19.0 Å². The van der Waals surface area contributed by atoms with Gasteiger partial charge in [0.1, 0.15) is 5.70 Å². The number of alkyl halides is 3. The first kappa shape index (κ1) is 15.9. The van der Waals surface area contributed by atoms with Crippen molar-refractivity contribution in [2.75, 3.05) is 26.0 Å². The van der Waals surface area contributed by atoms with Gasteiger partial charge in [-0.2, -0.15) is 13.2 Å². The highest BCUT2D eigenvalue weighted by atomic mass is 19.4. The number of halogens is 3. The first-order chi connectivity index (χ1) is 10.1. The maximum Gasteiger partial charge on any atom is 0.416 e. The molecular formula is C14H14F3N3O2. The van der Waals surface area contributed by atoms with E-state index in [-0.39, 0.29) is 11.4 Å². The molecule has 5 nitrogen and oxygen atoms in total. The monoisotopic (exact) mass is 313 g/mol. The Kier molecular flexibility index (Phi) is 3.87. The van der Waals surface area contributed by atoms with Gasteiger partial charge >= 0.3 is 12.2 Å². The Labute approximate surface area is 125 Å². The van der Waals surface area contributed by atoms with Crippen molar-refractivity contribution in [1.29, 1.82) is 0 Å². The molecule has 0 aromatic heterocycles. The van der Waals surface area contributed by atoms with Crippen LogP contribution in [-0.2, 0) is 11.0 Å². The molecule has 8 heteroatoms. The first-order valence-corrected chi connectivity index (χ1v) is 6.30. The van der Waals surface area contributed by atoms with Crippen molar-refractivity contribution in [3.8, 4) is 0 Å². The Morgan fingerprint density at radius 2 is 1.82 bits per heavy atom. The smallest absolute Gasteiger partial charge is 0.382 e. The van der Waals surface area contributed by atoms with Gasteiger partial charge in [-0.25, -0.2) is 4.79 Å². The number of hydrogen-bond donors (Lipinski definition) is 0. The molecule has 0 unspecified atom stereocenters. The number of nitrogens with zero attached hydrogens (tertiary/aromatic N) is 3. The molecular weight excluding hydrogens is 299 g/mol. The van der Waals surface area contributed by atoms with Crippen molar-refractivity contribution in [3.63, 3.8) is 0 Å². The zero-order valence-electron chi connectivity index (χ0n) is 12.2. The highest BCUT2D eigenvalue weighted by molar-refractivity contribution is 6.21. The van der Waals surface area contributed by atoms with Crippen LogP contribution in [0.4, 0.5) is 23.7 Å². The van der Waals surface area contributed by atoms with Crippen molar-refractivity contribution in [2.24, 2.45) is 0 Å². The fraction of sp³-hybridized carbons (Fsp3) is 0.286. The lowest BCUT2D eigenvalue weighted by Crippen LogP contribution is -2.29. The minimum Gasteiger partial charge on any atom is -0.382 e. The molecule has 0 atom stereocenters. The number of hydrogen-bond acceptors (Lipinski definition) is 3. The number of carbonyl (C=O) groups is 2. The maximum atomic E-state index is 12.8. The number of urea groups is 1. The van der Waals surface area contributed by atoms with Crippen LogP contribution in [0.3, 0.4) is 0 Å². The molecule has 0 N–H and O–H groups in total. The molecule has 22 heavy (non-hydrogen) atoms. The normalized spacial score (nSPS) is 17.6. The van der Waals surface area contributed by atoms with E-state index in [1.807, 2.05) is 0 Å². The van der Waals surface area contributed by atoms with E-state index in [2.05, 4.69) is 0 Å². The van der Waals surface area contributed by atoms with E-state index in [9.17, 15) is 22.8 Å². The van der Waals surface area contributed by atoms with Crippen LogP contribution in [-0.4, -0.2) is 42.9 Å². The van der Waals surface area contributed by atoms with Crippen molar-refractivity contribution >= 4 is 17.6 Å². The van der Waals surface area contributed by atoms with Gasteiger partial charge in [0.25, 0.3) is 5.91 Å². The zero-order valence-corrected chi connectivity index (χ0v) is 12.2. The molecule has 1 heterocycles. The SMILES string of the molecule is CN(C)C=C1C(=O)N(C)C(=O)N1c1cccc(C(F)(F)F)c1. The second-order valence-corrected chi connectivity index (χ2v) is 5.01. The van der Waals surface area contributed by atoms with Crippen LogP contribution in [0.15, 0.2) is 36.2 Å². The minimum atomic E-state index is -4.53. The Morgan fingerprint density at radius 1 is 1.18 bits per heavy atom. The van der Waals surface area contributed by atoms with Crippen LogP contribution in [0, 0.1) is 0 Å². The molecule has 1 aliphatic rings. The molecule has 1 aliphatic heterocycles. The number of likely N-dealkylation sites (N-methyl/N-ethyl adjacent to an activating group) is 1. The van der Waals surface area contributed by atoms with Gasteiger partial charge in [-0.3, -0.25) is 14.6 Å². The Bertz CT molecular complexity index is 653. The van der Waals surface area contributed by atoms with Gasteiger partial charge in [-0.05, 0) is 18.2 Å². The third kappa shape index (κ3) is 2.76. The van der Waals surface area contributed by atoms with Crippen LogP contribution >= 0.6 is 0 Å². The standard InChI is InChI=1S/C14H14F3N3O2/c1-18(2)8-11-12(21)19(3)13(22)20(11)10-6-4-5-9(7-10)14(15,16)17/h4-8H,1-3H3. The number of rotatable bonds is 2. The molecule has 3 amide bonds. The van der Waals surface area contributed by atoms with E-state index in [4.69, 9.17) is 0 Å². The number of benzene rings is 1. The van der Waals surface area contributed by atoms with Gasteiger partial charge in [0, 0.05) is 27.3 Å². The summed E-state index contributed by atoms with van der Waals surface area (Å²) in [6, 6.07) is 3.60. The molecule has 0 aliphatic carbocycles. The lowest BCUT2D eigenvalue weighted by atomic mass is 10.2. The van der Waals surface area contributed by atoms with Crippen LogP contribution in [0.1, 0.15) is 5.56 Å². The molecule has 1 aromatic rings. The molecule has 0 saturated carbocycles. The summed E-state index contributed by atoms with van der Waals surface area (Å²) >= 11 is 0. The highest BCUT2D eigenvalue weighted by Gasteiger charge is 2.40. The number of carbonyl (C=O) groups excluding carboxylic acids is 2. The first-order valence-electron chi connectivity index (χ1n) is 6.30. The lowest BCUT2D eigenvalue weighted by Gasteiger charge is -2.18. The number of amides is 3. The fourth-order valence-electron chi connectivity index (χ4n) is 2.04. The molecule has 0 bridgehead atoms. The van der Waals surface area contributed by atoms with E-state index >= 15 is 0 Å². The van der Waals surface area contributed by atoms with Crippen molar-refractivity contribution in [3.05, 3.63) is 41.7 Å². The third-order valence-corrected chi connectivity index (χ3v) is 3.06. The maximum absolute atomic E-state index is 12.8. The van der Waals surface area contributed by atoms with Crippen LogP contribution in [0.2, 0.25) is 0 Å². The second-order valence-electron chi connectivity index (χ2n) is 5.01. The van der Waals surface area contributed by atoms with Crippen molar-refractivity contribution in [1.82, 2.24) is 9.80 Å². The Balaban J connectivity index is 2.54. The average Bonchev–Trinajstić information content (AvgIpc) is 2.62. The fourth-order valence-corrected chi connectivity index (χ4v) is 2.04. The minimum absolute atomic E-state index is 0.00294. The van der Waals surface area contributed by atoms with Gasteiger partial charge in [0.2, 0.25) is 0 Å². The molecule has 1 fully saturated rings. The predicted octanol–water partition coefficient (Wildman–Crippen LogP) is 2.51. The van der Waals surface area contributed by atoms with Gasteiger partial charge in [-0.1, -0.05) is 6.07 Å². The highest BCUT2D eigenvalue weighted by Crippen LogP contribution is 2.34. The van der Waals surface area contributed by atoms with E-state index in [0.717, 1.165) is 21.9 Å². The summed E-state index contributed by atoms with van der Waals surface area (Å²) in [7, 11) is 4.57. The van der Waals surface area contributed by atoms with Gasteiger partial charge < -0.3 is 4.90 Å². The third-order valence-electron chi connectivity index (χ3n) is 3.06. The Morgan fingerprint density at radius 3 is 2.36 bits per heavy atom. The van der Waals surface area contributed by atoms with Crippen LogP contribution in [0.5, 0.6) is 0 Å². The summed E-state index contributed by atoms with van der Waals surface area (Å²) in [4.78, 5) is 27.6. The van der Waals surface area contributed by atoms with E-state index in [0.29, 0.717) is 0 Å². The van der Waals surface area contributed by atoms with E-state index < -0.39 is 23.7 Å². The van der Waals surface area contributed by atoms with E-state index in [1.165, 1.54) is 25.4 Å². The number of imide groups is 1. The van der Waals surface area contributed by atoms with Crippen LogP contribution < -0.4 is 4.90 Å². The molecule has 0 radical (unpaired) electrons. The molecule has 1 saturated heterocycles.